The molecule has 2 heterocycles. The van der Waals surface area contributed by atoms with Gasteiger partial charge in [-0.3, -0.25) is 10.1 Å². The molecular weight excluding hydrogens is 301 g/mol. The summed E-state index contributed by atoms with van der Waals surface area (Å²) >= 11 is 11.9. The Balaban J connectivity index is 2.03. The van der Waals surface area contributed by atoms with Crippen LogP contribution in [0.4, 0.5) is 0 Å². The first-order valence-electron chi connectivity index (χ1n) is 6.02. The maximum Gasteiger partial charge on any atom is 0.321 e. The van der Waals surface area contributed by atoms with Crippen molar-refractivity contribution in [2.24, 2.45) is 0 Å². The predicted octanol–water partition coefficient (Wildman–Crippen LogP) is 2.40. The summed E-state index contributed by atoms with van der Waals surface area (Å²) in [5.74, 6) is -0.893. The van der Waals surface area contributed by atoms with E-state index in [-0.39, 0.29) is 6.04 Å². The molecule has 2 aromatic rings. The number of carboxylic acids is 1. The fraction of sp³-hybridized carbons (Fsp3) is 0.231. The van der Waals surface area contributed by atoms with Crippen LogP contribution in [0.15, 0.2) is 24.5 Å². The van der Waals surface area contributed by atoms with Crippen LogP contribution in [0.2, 0.25) is 10.0 Å². The van der Waals surface area contributed by atoms with Gasteiger partial charge in [0.05, 0.1) is 28.1 Å². The van der Waals surface area contributed by atoms with Gasteiger partial charge in [0, 0.05) is 12.1 Å². The van der Waals surface area contributed by atoms with Crippen molar-refractivity contribution in [1.29, 1.82) is 0 Å². The predicted molar refractivity (Wildman–Crippen MR) is 75.2 cm³/mol. The summed E-state index contributed by atoms with van der Waals surface area (Å²) < 4.78 is 0. The summed E-state index contributed by atoms with van der Waals surface area (Å²) in [6, 6.07) is 4.25. The van der Waals surface area contributed by atoms with E-state index in [9.17, 15) is 9.90 Å². The summed E-state index contributed by atoms with van der Waals surface area (Å²) in [7, 11) is 0. The first-order chi connectivity index (χ1) is 9.56. The van der Waals surface area contributed by atoms with Crippen LogP contribution < -0.4 is 5.32 Å². The highest BCUT2D eigenvalue weighted by Gasteiger charge is 2.33. The summed E-state index contributed by atoms with van der Waals surface area (Å²) in [5, 5.41) is 13.2. The standard InChI is InChI=1S/C13H11Cl2N3O2/c14-7-2-1-6(3-8(7)15)11-12-9(16-5-17-12)4-10(18-11)13(19)20/h1-3,5,10-11,18H,4H2,(H,16,17)(H,19,20)/t10-,11+/m1/s1. The number of hydrogen-bond donors (Lipinski definition) is 3. The first-order valence-corrected chi connectivity index (χ1v) is 6.78. The molecule has 3 rings (SSSR count). The molecule has 0 spiro atoms. The molecule has 0 bridgehead atoms. The molecular formula is C13H11Cl2N3O2. The van der Waals surface area contributed by atoms with Crippen molar-refractivity contribution in [1.82, 2.24) is 15.3 Å². The molecule has 0 unspecified atom stereocenters. The molecule has 1 aliphatic heterocycles. The van der Waals surface area contributed by atoms with Crippen molar-refractivity contribution in [2.45, 2.75) is 18.5 Å². The highest BCUT2D eigenvalue weighted by molar-refractivity contribution is 6.42. The summed E-state index contributed by atoms with van der Waals surface area (Å²) in [4.78, 5) is 18.5. The highest BCUT2D eigenvalue weighted by Crippen LogP contribution is 2.32. The molecule has 1 aromatic carbocycles. The molecule has 7 heteroatoms. The number of nitrogens with one attached hydrogen (secondary N) is 2. The van der Waals surface area contributed by atoms with Gasteiger partial charge in [0.15, 0.2) is 0 Å². The topological polar surface area (TPSA) is 78.0 Å². The fourth-order valence-electron chi connectivity index (χ4n) is 2.39. The highest BCUT2D eigenvalue weighted by atomic mass is 35.5. The molecule has 0 saturated carbocycles. The monoisotopic (exact) mass is 311 g/mol. The summed E-state index contributed by atoms with van der Waals surface area (Å²) in [6.45, 7) is 0. The molecule has 1 aliphatic rings. The van der Waals surface area contributed by atoms with Gasteiger partial charge in [0.2, 0.25) is 0 Å². The van der Waals surface area contributed by atoms with Crippen LogP contribution in [0.5, 0.6) is 0 Å². The average Bonchev–Trinajstić information content (AvgIpc) is 2.89. The van der Waals surface area contributed by atoms with Crippen molar-refractivity contribution in [3.05, 3.63) is 51.5 Å². The number of aliphatic carboxylic acids is 1. The number of imidazole rings is 1. The molecule has 0 radical (unpaired) electrons. The van der Waals surface area contributed by atoms with Gasteiger partial charge in [0.1, 0.15) is 6.04 Å². The van der Waals surface area contributed by atoms with Gasteiger partial charge >= 0.3 is 5.97 Å². The zero-order valence-electron chi connectivity index (χ0n) is 10.2. The Bertz CT molecular complexity index is 671. The van der Waals surface area contributed by atoms with Crippen molar-refractivity contribution in [2.75, 3.05) is 0 Å². The maximum atomic E-state index is 11.2. The maximum absolute atomic E-state index is 11.2. The smallest absolute Gasteiger partial charge is 0.321 e. The molecule has 3 N–H and O–H groups in total. The Kier molecular flexibility index (Phi) is 3.41. The number of halogens is 2. The van der Waals surface area contributed by atoms with Crippen LogP contribution in [0.3, 0.4) is 0 Å². The minimum atomic E-state index is -0.893. The number of hydrogen-bond acceptors (Lipinski definition) is 3. The fourth-order valence-corrected chi connectivity index (χ4v) is 2.70. The van der Waals surface area contributed by atoms with Crippen molar-refractivity contribution in [3.63, 3.8) is 0 Å². The largest absolute Gasteiger partial charge is 0.480 e. The van der Waals surface area contributed by atoms with E-state index >= 15 is 0 Å². The molecule has 0 fully saturated rings. The molecule has 104 valence electrons. The number of nitrogens with zero attached hydrogens (tertiary/aromatic N) is 1. The van der Waals surface area contributed by atoms with E-state index in [1.807, 2.05) is 6.07 Å². The minimum Gasteiger partial charge on any atom is -0.480 e. The van der Waals surface area contributed by atoms with Crippen LogP contribution in [0.1, 0.15) is 23.0 Å². The summed E-state index contributed by atoms with van der Waals surface area (Å²) in [5.41, 5.74) is 2.45. The van der Waals surface area contributed by atoms with Gasteiger partial charge in [-0.15, -0.1) is 0 Å². The molecule has 1 aromatic heterocycles. The van der Waals surface area contributed by atoms with Crippen molar-refractivity contribution < 1.29 is 9.90 Å². The SMILES string of the molecule is O=C(O)[C@H]1Cc2[nH]cnc2[C@H](c2ccc(Cl)c(Cl)c2)N1. The molecule has 20 heavy (non-hydrogen) atoms. The van der Waals surface area contributed by atoms with E-state index in [1.54, 1.807) is 18.5 Å². The second kappa shape index (κ2) is 5.09. The van der Waals surface area contributed by atoms with Crippen LogP contribution >= 0.6 is 23.2 Å². The molecule has 0 saturated heterocycles. The van der Waals surface area contributed by atoms with E-state index in [0.29, 0.717) is 16.5 Å². The van der Waals surface area contributed by atoms with E-state index < -0.39 is 12.0 Å². The third-order valence-electron chi connectivity index (χ3n) is 3.38. The van der Waals surface area contributed by atoms with Crippen molar-refractivity contribution in [3.8, 4) is 0 Å². The molecule has 0 amide bonds. The Labute approximate surface area is 124 Å². The Morgan fingerprint density at radius 1 is 1.35 bits per heavy atom. The summed E-state index contributed by atoms with van der Waals surface area (Å²) in [6.07, 6.45) is 1.95. The first kappa shape index (κ1) is 13.4. The second-order valence-electron chi connectivity index (χ2n) is 4.63. The van der Waals surface area contributed by atoms with Gasteiger partial charge in [-0.05, 0) is 17.7 Å². The second-order valence-corrected chi connectivity index (χ2v) is 5.45. The van der Waals surface area contributed by atoms with E-state index in [4.69, 9.17) is 23.2 Å². The quantitative estimate of drug-likeness (QED) is 0.796. The number of aromatic nitrogens is 2. The van der Waals surface area contributed by atoms with Crippen molar-refractivity contribution >= 4 is 29.2 Å². The molecule has 5 nitrogen and oxygen atoms in total. The lowest BCUT2D eigenvalue weighted by molar-refractivity contribution is -0.139. The number of benzene rings is 1. The van der Waals surface area contributed by atoms with Crippen LogP contribution in [0.25, 0.3) is 0 Å². The average molecular weight is 312 g/mol. The normalized spacial score (nSPS) is 21.5. The zero-order chi connectivity index (χ0) is 14.3. The third kappa shape index (κ3) is 2.28. The number of H-pyrrole nitrogens is 1. The Morgan fingerprint density at radius 3 is 2.85 bits per heavy atom. The van der Waals surface area contributed by atoms with Crippen LogP contribution in [-0.2, 0) is 11.2 Å². The van der Waals surface area contributed by atoms with Gasteiger partial charge in [0.25, 0.3) is 0 Å². The van der Waals surface area contributed by atoms with E-state index in [0.717, 1.165) is 17.0 Å². The van der Waals surface area contributed by atoms with Gasteiger partial charge in [-0.25, -0.2) is 4.98 Å². The lowest BCUT2D eigenvalue weighted by Crippen LogP contribution is -2.45. The third-order valence-corrected chi connectivity index (χ3v) is 4.12. The lowest BCUT2D eigenvalue weighted by atomic mass is 9.94. The lowest BCUT2D eigenvalue weighted by Gasteiger charge is -2.28. The van der Waals surface area contributed by atoms with Crippen LogP contribution in [-0.4, -0.2) is 27.1 Å². The Hall–Kier alpha value is -1.56. The minimum absolute atomic E-state index is 0.319. The van der Waals surface area contributed by atoms with Crippen LogP contribution in [0, 0.1) is 0 Å². The van der Waals surface area contributed by atoms with E-state index in [2.05, 4.69) is 15.3 Å². The van der Waals surface area contributed by atoms with Gasteiger partial charge in [-0.2, -0.15) is 0 Å². The molecule has 0 aliphatic carbocycles. The van der Waals surface area contributed by atoms with Gasteiger partial charge < -0.3 is 10.1 Å². The number of fused-ring (bicyclic) bond motifs is 1. The zero-order valence-corrected chi connectivity index (χ0v) is 11.7. The number of rotatable bonds is 2. The number of aromatic amines is 1. The van der Waals surface area contributed by atoms with Gasteiger partial charge in [-0.1, -0.05) is 29.3 Å². The number of carboxylic acid groups (broad SMARTS) is 1. The number of carbonyl (C=O) groups is 1. The van der Waals surface area contributed by atoms with E-state index in [1.165, 1.54) is 0 Å². The molecule has 2 atom stereocenters. The Morgan fingerprint density at radius 2 is 2.15 bits per heavy atom.